The second-order valence-electron chi connectivity index (χ2n) is 8.40. The molecule has 4 rings (SSSR count). The summed E-state index contributed by atoms with van der Waals surface area (Å²) in [6.45, 7) is 6.53. The van der Waals surface area contributed by atoms with E-state index in [1.165, 1.54) is 16.7 Å². The second kappa shape index (κ2) is 7.48. The Kier molecular flexibility index (Phi) is 5.01. The average Bonchev–Trinajstić information content (AvgIpc) is 3.30. The molecule has 29 heavy (non-hydrogen) atoms. The third kappa shape index (κ3) is 4.10. The molecule has 1 N–H and O–H groups in total. The number of benzene rings is 2. The van der Waals surface area contributed by atoms with Gasteiger partial charge >= 0.3 is 0 Å². The molecule has 1 aromatic heterocycles. The Morgan fingerprint density at radius 2 is 1.90 bits per heavy atom. The summed E-state index contributed by atoms with van der Waals surface area (Å²) in [5.41, 5.74) is 5.64. The van der Waals surface area contributed by atoms with Crippen molar-refractivity contribution in [3.05, 3.63) is 82.7 Å². The number of hydrogen-bond donors (Lipinski definition) is 1. The SMILES string of the molecule is CCc1cc2c(cc1Cc1ccc(-n3cccn3)cc1)C(=O)N(CC(C)(C)O)C2. The topological polar surface area (TPSA) is 58.4 Å². The van der Waals surface area contributed by atoms with Crippen molar-refractivity contribution in [1.82, 2.24) is 14.7 Å². The quantitative estimate of drug-likeness (QED) is 0.698. The number of amides is 1. The molecular weight excluding hydrogens is 362 g/mol. The van der Waals surface area contributed by atoms with Crippen LogP contribution in [0.25, 0.3) is 5.69 Å². The number of rotatable bonds is 6. The molecule has 0 fully saturated rings. The monoisotopic (exact) mass is 389 g/mol. The van der Waals surface area contributed by atoms with Crippen molar-refractivity contribution in [2.75, 3.05) is 6.54 Å². The van der Waals surface area contributed by atoms with Crippen molar-refractivity contribution in [3.8, 4) is 5.69 Å². The van der Waals surface area contributed by atoms with Crippen LogP contribution in [0.5, 0.6) is 0 Å². The van der Waals surface area contributed by atoms with E-state index in [0.717, 1.165) is 29.7 Å². The lowest BCUT2D eigenvalue weighted by Gasteiger charge is -2.24. The van der Waals surface area contributed by atoms with Crippen molar-refractivity contribution in [2.45, 2.75) is 45.8 Å². The average molecular weight is 389 g/mol. The Balaban J connectivity index is 1.58. The second-order valence-corrected chi connectivity index (χ2v) is 8.40. The van der Waals surface area contributed by atoms with Gasteiger partial charge in [-0.05, 0) is 73.2 Å². The fraction of sp³-hybridized carbons (Fsp3) is 0.333. The lowest BCUT2D eigenvalue weighted by atomic mass is 9.93. The lowest BCUT2D eigenvalue weighted by Crippen LogP contribution is -2.38. The molecule has 2 aromatic carbocycles. The summed E-state index contributed by atoms with van der Waals surface area (Å²) in [6, 6.07) is 14.5. The third-order valence-electron chi connectivity index (χ3n) is 5.36. The zero-order chi connectivity index (χ0) is 20.6. The first-order valence-electron chi connectivity index (χ1n) is 10.1. The molecule has 5 nitrogen and oxygen atoms in total. The maximum atomic E-state index is 12.9. The smallest absolute Gasteiger partial charge is 0.254 e. The van der Waals surface area contributed by atoms with Crippen LogP contribution in [-0.4, -0.2) is 37.8 Å². The molecule has 3 aromatic rings. The largest absolute Gasteiger partial charge is 0.389 e. The fourth-order valence-corrected chi connectivity index (χ4v) is 4.01. The number of carbonyl (C=O) groups is 1. The molecule has 5 heteroatoms. The summed E-state index contributed by atoms with van der Waals surface area (Å²) in [6.07, 6.45) is 5.40. The Morgan fingerprint density at radius 3 is 2.52 bits per heavy atom. The van der Waals surface area contributed by atoms with Crippen LogP contribution in [0.1, 0.15) is 53.4 Å². The Morgan fingerprint density at radius 1 is 1.14 bits per heavy atom. The first-order chi connectivity index (χ1) is 13.8. The number of nitrogens with zero attached hydrogens (tertiary/aromatic N) is 3. The molecule has 0 atom stereocenters. The van der Waals surface area contributed by atoms with E-state index in [2.05, 4.69) is 48.4 Å². The zero-order valence-electron chi connectivity index (χ0n) is 17.2. The first-order valence-corrected chi connectivity index (χ1v) is 10.1. The van der Waals surface area contributed by atoms with Gasteiger partial charge in [0.15, 0.2) is 0 Å². The van der Waals surface area contributed by atoms with Gasteiger partial charge < -0.3 is 10.0 Å². The molecule has 0 bridgehead atoms. The van der Waals surface area contributed by atoms with Crippen LogP contribution in [0.15, 0.2) is 54.9 Å². The summed E-state index contributed by atoms with van der Waals surface area (Å²) in [4.78, 5) is 14.6. The number of hydrogen-bond acceptors (Lipinski definition) is 3. The molecule has 2 heterocycles. The molecule has 0 unspecified atom stereocenters. The fourth-order valence-electron chi connectivity index (χ4n) is 4.01. The van der Waals surface area contributed by atoms with E-state index < -0.39 is 5.60 Å². The molecule has 150 valence electrons. The highest BCUT2D eigenvalue weighted by atomic mass is 16.3. The van der Waals surface area contributed by atoms with Crippen LogP contribution in [0.2, 0.25) is 0 Å². The van der Waals surface area contributed by atoms with E-state index in [0.29, 0.717) is 13.1 Å². The van der Waals surface area contributed by atoms with E-state index in [4.69, 9.17) is 0 Å². The minimum atomic E-state index is -0.898. The van der Waals surface area contributed by atoms with E-state index in [1.54, 1.807) is 24.9 Å². The van der Waals surface area contributed by atoms with E-state index in [9.17, 15) is 9.90 Å². The van der Waals surface area contributed by atoms with Gasteiger partial charge in [0, 0.05) is 31.0 Å². The van der Waals surface area contributed by atoms with E-state index >= 15 is 0 Å². The van der Waals surface area contributed by atoms with Crippen LogP contribution in [0.3, 0.4) is 0 Å². The van der Waals surface area contributed by atoms with E-state index in [1.807, 2.05) is 16.9 Å². The van der Waals surface area contributed by atoms with Gasteiger partial charge in [0.1, 0.15) is 0 Å². The highest BCUT2D eigenvalue weighted by molar-refractivity contribution is 5.98. The zero-order valence-corrected chi connectivity index (χ0v) is 17.2. The predicted molar refractivity (Wildman–Crippen MR) is 113 cm³/mol. The number of aliphatic hydroxyl groups is 1. The van der Waals surface area contributed by atoms with Crippen LogP contribution < -0.4 is 0 Å². The minimum absolute atomic E-state index is 0.0139. The summed E-state index contributed by atoms with van der Waals surface area (Å²) in [5.74, 6) is 0.0139. The number of fused-ring (bicyclic) bond motifs is 1. The predicted octanol–water partition coefficient (Wildman–Crippen LogP) is 3.75. The number of carbonyl (C=O) groups excluding carboxylic acids is 1. The van der Waals surface area contributed by atoms with Gasteiger partial charge in [0.25, 0.3) is 5.91 Å². The molecule has 0 aliphatic carbocycles. The van der Waals surface area contributed by atoms with Crippen molar-refractivity contribution in [3.63, 3.8) is 0 Å². The van der Waals surface area contributed by atoms with E-state index in [-0.39, 0.29) is 5.91 Å². The normalized spacial score (nSPS) is 13.8. The van der Waals surface area contributed by atoms with Crippen LogP contribution in [0.4, 0.5) is 0 Å². The maximum Gasteiger partial charge on any atom is 0.254 e. The Labute approximate surface area is 171 Å². The molecule has 1 aliphatic rings. The first kappa shape index (κ1) is 19.4. The van der Waals surface area contributed by atoms with Crippen molar-refractivity contribution < 1.29 is 9.90 Å². The molecule has 1 aliphatic heterocycles. The highest BCUT2D eigenvalue weighted by Crippen LogP contribution is 2.29. The van der Waals surface area contributed by atoms with Gasteiger partial charge in [-0.2, -0.15) is 5.10 Å². The summed E-state index contributed by atoms with van der Waals surface area (Å²) in [7, 11) is 0. The molecule has 0 saturated heterocycles. The van der Waals surface area contributed by atoms with Crippen LogP contribution >= 0.6 is 0 Å². The minimum Gasteiger partial charge on any atom is -0.389 e. The summed E-state index contributed by atoms with van der Waals surface area (Å²) in [5, 5.41) is 14.4. The standard InChI is InChI=1S/C24H27N3O2/c1-4-18-13-20-15-26(16-24(2,3)29)23(28)22(20)14-19(18)12-17-6-8-21(9-7-17)27-11-5-10-25-27/h5-11,13-14,29H,4,12,15-16H2,1-3H3. The van der Waals surface area contributed by atoms with Gasteiger partial charge in [0.05, 0.1) is 11.3 Å². The van der Waals surface area contributed by atoms with Gasteiger partial charge in [-0.15, -0.1) is 0 Å². The van der Waals surface area contributed by atoms with Crippen molar-refractivity contribution >= 4 is 5.91 Å². The summed E-state index contributed by atoms with van der Waals surface area (Å²) < 4.78 is 1.84. The molecule has 0 spiro atoms. The molecular formula is C24H27N3O2. The van der Waals surface area contributed by atoms with Gasteiger partial charge in [0.2, 0.25) is 0 Å². The third-order valence-corrected chi connectivity index (χ3v) is 5.36. The highest BCUT2D eigenvalue weighted by Gasteiger charge is 2.31. The Bertz CT molecular complexity index is 1020. The van der Waals surface area contributed by atoms with Gasteiger partial charge in [-0.25, -0.2) is 4.68 Å². The van der Waals surface area contributed by atoms with Gasteiger partial charge in [-0.3, -0.25) is 4.79 Å². The maximum absolute atomic E-state index is 12.9. The van der Waals surface area contributed by atoms with Crippen molar-refractivity contribution in [2.24, 2.45) is 0 Å². The Hall–Kier alpha value is -2.92. The molecule has 0 saturated carbocycles. The number of β-amino-alcohol motifs (C(OH)–C–C–N with tert-alkyl or cyclic N) is 1. The van der Waals surface area contributed by atoms with Crippen LogP contribution in [0, 0.1) is 0 Å². The van der Waals surface area contributed by atoms with Gasteiger partial charge in [-0.1, -0.05) is 25.1 Å². The number of aryl methyl sites for hydroxylation is 1. The molecule has 0 radical (unpaired) electrons. The molecule has 1 amide bonds. The van der Waals surface area contributed by atoms with Crippen LogP contribution in [-0.2, 0) is 19.4 Å². The lowest BCUT2D eigenvalue weighted by molar-refractivity contribution is 0.0314. The summed E-state index contributed by atoms with van der Waals surface area (Å²) >= 11 is 0. The van der Waals surface area contributed by atoms with Crippen molar-refractivity contribution in [1.29, 1.82) is 0 Å². The number of aromatic nitrogens is 2.